The maximum absolute atomic E-state index is 6.27. The Hall–Kier alpha value is -1.88. The minimum atomic E-state index is -0.0978. The lowest BCUT2D eigenvalue weighted by Gasteiger charge is -2.14. The number of aryl methyl sites for hydroxylation is 2. The number of hydrogen-bond donors (Lipinski definition) is 1. The van der Waals surface area contributed by atoms with Crippen LogP contribution in [-0.4, -0.2) is 21.9 Å². The Morgan fingerprint density at radius 2 is 2.26 bits per heavy atom. The molecule has 2 aromatic heterocycles. The Balaban J connectivity index is 2.07. The standard InChI is InChI=1S/C14H20N4O/c1-3-18-14(13(19-2)10-17-18)12(15)8-7-11-6-4-5-9-16-11/h4-6,9-10,12H,3,7-8,15H2,1-2H3. The molecule has 0 aliphatic heterocycles. The van der Waals surface area contributed by atoms with Crippen molar-refractivity contribution in [1.82, 2.24) is 14.8 Å². The highest BCUT2D eigenvalue weighted by molar-refractivity contribution is 5.28. The highest BCUT2D eigenvalue weighted by atomic mass is 16.5. The van der Waals surface area contributed by atoms with Gasteiger partial charge in [0.05, 0.1) is 25.0 Å². The molecule has 2 N–H and O–H groups in total. The van der Waals surface area contributed by atoms with Gasteiger partial charge < -0.3 is 10.5 Å². The monoisotopic (exact) mass is 260 g/mol. The molecule has 0 bridgehead atoms. The number of nitrogens with zero attached hydrogens (tertiary/aromatic N) is 3. The van der Waals surface area contributed by atoms with Crippen molar-refractivity contribution < 1.29 is 4.74 Å². The molecule has 0 saturated heterocycles. The smallest absolute Gasteiger partial charge is 0.161 e. The van der Waals surface area contributed by atoms with Crippen LogP contribution in [0.1, 0.15) is 30.8 Å². The highest BCUT2D eigenvalue weighted by Crippen LogP contribution is 2.26. The maximum Gasteiger partial charge on any atom is 0.161 e. The van der Waals surface area contributed by atoms with E-state index in [9.17, 15) is 0 Å². The molecule has 0 aromatic carbocycles. The second kappa shape index (κ2) is 6.33. The van der Waals surface area contributed by atoms with Gasteiger partial charge in [0.15, 0.2) is 5.75 Å². The molecule has 2 heterocycles. The molecule has 0 saturated carbocycles. The van der Waals surface area contributed by atoms with Gasteiger partial charge in [0.2, 0.25) is 0 Å². The second-order valence-electron chi connectivity index (χ2n) is 4.38. The van der Waals surface area contributed by atoms with E-state index in [-0.39, 0.29) is 6.04 Å². The fourth-order valence-corrected chi connectivity index (χ4v) is 2.15. The molecule has 0 fully saturated rings. The molecule has 5 nitrogen and oxygen atoms in total. The van der Waals surface area contributed by atoms with Gasteiger partial charge in [-0.3, -0.25) is 9.67 Å². The number of pyridine rings is 1. The Kier molecular flexibility index (Phi) is 4.52. The van der Waals surface area contributed by atoms with E-state index in [1.54, 1.807) is 19.5 Å². The van der Waals surface area contributed by atoms with E-state index in [0.29, 0.717) is 0 Å². The Labute approximate surface area is 113 Å². The third-order valence-electron chi connectivity index (χ3n) is 3.15. The fourth-order valence-electron chi connectivity index (χ4n) is 2.15. The van der Waals surface area contributed by atoms with E-state index in [2.05, 4.69) is 10.1 Å². The van der Waals surface area contributed by atoms with Crippen molar-refractivity contribution in [2.24, 2.45) is 5.73 Å². The van der Waals surface area contributed by atoms with E-state index in [0.717, 1.165) is 36.5 Å². The van der Waals surface area contributed by atoms with Gasteiger partial charge in [-0.15, -0.1) is 0 Å². The molecule has 19 heavy (non-hydrogen) atoms. The molecule has 102 valence electrons. The summed E-state index contributed by atoms with van der Waals surface area (Å²) < 4.78 is 7.21. The third kappa shape index (κ3) is 3.12. The van der Waals surface area contributed by atoms with Crippen molar-refractivity contribution in [1.29, 1.82) is 0 Å². The lowest BCUT2D eigenvalue weighted by molar-refractivity contribution is 0.399. The van der Waals surface area contributed by atoms with Crippen LogP contribution in [0.4, 0.5) is 0 Å². The van der Waals surface area contributed by atoms with Crippen LogP contribution in [0.15, 0.2) is 30.6 Å². The first-order valence-corrected chi connectivity index (χ1v) is 6.51. The van der Waals surface area contributed by atoms with Gasteiger partial charge in [-0.1, -0.05) is 6.07 Å². The van der Waals surface area contributed by atoms with Gasteiger partial charge in [-0.2, -0.15) is 5.10 Å². The molecule has 1 unspecified atom stereocenters. The number of rotatable bonds is 6. The van der Waals surface area contributed by atoms with Crippen LogP contribution < -0.4 is 10.5 Å². The molecular weight excluding hydrogens is 240 g/mol. The van der Waals surface area contributed by atoms with E-state index in [1.807, 2.05) is 29.8 Å². The van der Waals surface area contributed by atoms with Gasteiger partial charge in [-0.25, -0.2) is 0 Å². The topological polar surface area (TPSA) is 66.0 Å². The lowest BCUT2D eigenvalue weighted by atomic mass is 10.1. The summed E-state index contributed by atoms with van der Waals surface area (Å²) in [5.41, 5.74) is 8.29. The first-order valence-electron chi connectivity index (χ1n) is 6.51. The highest BCUT2D eigenvalue weighted by Gasteiger charge is 2.18. The van der Waals surface area contributed by atoms with Gasteiger partial charge >= 0.3 is 0 Å². The van der Waals surface area contributed by atoms with Crippen LogP contribution >= 0.6 is 0 Å². The first kappa shape index (κ1) is 13.5. The molecule has 5 heteroatoms. The van der Waals surface area contributed by atoms with Crippen LogP contribution in [0.3, 0.4) is 0 Å². The van der Waals surface area contributed by atoms with Gasteiger partial charge in [0.1, 0.15) is 0 Å². The predicted octanol–water partition coefficient (Wildman–Crippen LogP) is 1.94. The average Bonchev–Trinajstić information content (AvgIpc) is 2.89. The quantitative estimate of drug-likeness (QED) is 0.862. The Morgan fingerprint density at radius 1 is 1.42 bits per heavy atom. The van der Waals surface area contributed by atoms with Crippen LogP contribution in [0, 0.1) is 0 Å². The molecular formula is C14H20N4O. The summed E-state index contributed by atoms with van der Waals surface area (Å²) >= 11 is 0. The van der Waals surface area contributed by atoms with Crippen LogP contribution in [-0.2, 0) is 13.0 Å². The van der Waals surface area contributed by atoms with E-state index in [1.165, 1.54) is 0 Å². The summed E-state index contributed by atoms with van der Waals surface area (Å²) in [4.78, 5) is 4.31. The summed E-state index contributed by atoms with van der Waals surface area (Å²) in [5.74, 6) is 0.760. The molecule has 0 radical (unpaired) electrons. The van der Waals surface area contributed by atoms with Gasteiger partial charge in [0.25, 0.3) is 0 Å². The summed E-state index contributed by atoms with van der Waals surface area (Å²) in [6.07, 6.45) is 5.19. The summed E-state index contributed by atoms with van der Waals surface area (Å²) in [5, 5.41) is 4.28. The molecule has 0 aliphatic rings. The average molecular weight is 260 g/mol. The second-order valence-corrected chi connectivity index (χ2v) is 4.38. The van der Waals surface area contributed by atoms with Crippen molar-refractivity contribution in [3.63, 3.8) is 0 Å². The van der Waals surface area contributed by atoms with Crippen LogP contribution in [0.2, 0.25) is 0 Å². The molecule has 0 amide bonds. The van der Waals surface area contributed by atoms with Gasteiger partial charge in [0, 0.05) is 18.4 Å². The number of ether oxygens (including phenoxy) is 1. The normalized spacial score (nSPS) is 12.4. The fraction of sp³-hybridized carbons (Fsp3) is 0.429. The zero-order valence-electron chi connectivity index (χ0n) is 11.4. The van der Waals surface area contributed by atoms with Crippen molar-refractivity contribution in [3.8, 4) is 5.75 Å². The van der Waals surface area contributed by atoms with Crippen molar-refractivity contribution in [2.45, 2.75) is 32.4 Å². The zero-order chi connectivity index (χ0) is 13.7. The first-order chi connectivity index (χ1) is 9.26. The van der Waals surface area contributed by atoms with Crippen LogP contribution in [0.5, 0.6) is 5.75 Å². The summed E-state index contributed by atoms with van der Waals surface area (Å²) in [7, 11) is 1.64. The molecule has 2 rings (SSSR count). The minimum absolute atomic E-state index is 0.0978. The lowest BCUT2D eigenvalue weighted by Crippen LogP contribution is -2.17. The van der Waals surface area contributed by atoms with Crippen molar-refractivity contribution in [3.05, 3.63) is 42.0 Å². The molecule has 0 spiro atoms. The molecule has 1 atom stereocenters. The number of hydrogen-bond acceptors (Lipinski definition) is 4. The van der Waals surface area contributed by atoms with Crippen LogP contribution in [0.25, 0.3) is 0 Å². The van der Waals surface area contributed by atoms with Crippen molar-refractivity contribution in [2.75, 3.05) is 7.11 Å². The number of nitrogens with two attached hydrogens (primary N) is 1. The summed E-state index contributed by atoms with van der Waals surface area (Å²) in [6.45, 7) is 2.83. The largest absolute Gasteiger partial charge is 0.493 e. The number of aromatic nitrogens is 3. The van der Waals surface area contributed by atoms with E-state index < -0.39 is 0 Å². The minimum Gasteiger partial charge on any atom is -0.493 e. The van der Waals surface area contributed by atoms with E-state index in [4.69, 9.17) is 10.5 Å². The Morgan fingerprint density at radius 3 is 2.89 bits per heavy atom. The summed E-state index contributed by atoms with van der Waals surface area (Å²) in [6, 6.07) is 5.82. The number of methoxy groups -OCH3 is 1. The molecule has 2 aromatic rings. The maximum atomic E-state index is 6.27. The van der Waals surface area contributed by atoms with Crippen molar-refractivity contribution >= 4 is 0 Å². The Bertz CT molecular complexity index is 488. The SMILES string of the molecule is CCn1ncc(OC)c1C(N)CCc1ccccn1. The predicted molar refractivity (Wildman–Crippen MR) is 73.9 cm³/mol. The van der Waals surface area contributed by atoms with Gasteiger partial charge in [-0.05, 0) is 31.9 Å². The third-order valence-corrected chi connectivity index (χ3v) is 3.15. The zero-order valence-corrected chi connectivity index (χ0v) is 11.4. The van der Waals surface area contributed by atoms with E-state index >= 15 is 0 Å². The molecule has 0 aliphatic carbocycles.